The number of hydrogen-bond acceptors (Lipinski definition) is 5. The van der Waals surface area contributed by atoms with E-state index in [9.17, 15) is 18.0 Å². The van der Waals surface area contributed by atoms with Crippen LogP contribution in [-0.4, -0.2) is 16.2 Å². The summed E-state index contributed by atoms with van der Waals surface area (Å²) in [6.45, 7) is 1.65. The highest BCUT2D eigenvalue weighted by molar-refractivity contribution is 5.66. The van der Waals surface area contributed by atoms with Gasteiger partial charge in [0.2, 0.25) is 5.89 Å². The number of halogens is 3. The molecule has 0 bridgehead atoms. The van der Waals surface area contributed by atoms with Crippen LogP contribution in [-0.2, 0) is 17.3 Å². The molecule has 0 fully saturated rings. The molecule has 2 aromatic carbocycles. The topological polar surface area (TPSA) is 91.2 Å². The Hall–Kier alpha value is -3.36. The van der Waals surface area contributed by atoms with Gasteiger partial charge in [-0.25, -0.2) is 4.79 Å². The predicted molar refractivity (Wildman–Crippen MR) is 93.0 cm³/mol. The molecule has 0 radical (unpaired) electrons. The van der Waals surface area contributed by atoms with Gasteiger partial charge in [0.15, 0.2) is 5.82 Å². The van der Waals surface area contributed by atoms with Gasteiger partial charge in [0.05, 0.1) is 12.0 Å². The molecule has 2 N–H and O–H groups in total. The van der Waals surface area contributed by atoms with Crippen LogP contribution in [0.4, 0.5) is 18.0 Å². The minimum atomic E-state index is -4.40. The molecule has 1 unspecified atom stereocenters. The van der Waals surface area contributed by atoms with E-state index in [4.69, 9.17) is 15.0 Å². The minimum absolute atomic E-state index is 0.111. The second kappa shape index (κ2) is 7.71. The van der Waals surface area contributed by atoms with Gasteiger partial charge in [0.25, 0.3) is 0 Å². The Morgan fingerprint density at radius 1 is 1.18 bits per heavy atom. The molecule has 0 aliphatic carbocycles. The Balaban J connectivity index is 1.89. The summed E-state index contributed by atoms with van der Waals surface area (Å²) in [6.07, 6.45) is -6.04. The van der Waals surface area contributed by atoms with Crippen molar-refractivity contribution >= 4 is 6.09 Å². The quantitative estimate of drug-likeness (QED) is 0.694. The number of nitrogens with two attached hydrogens (primary N) is 1. The highest BCUT2D eigenvalue weighted by Gasteiger charge is 2.30. The number of carbonyl (C=O) groups is 1. The van der Waals surface area contributed by atoms with Crippen LogP contribution in [0.2, 0.25) is 0 Å². The molecular weight excluding hydrogens is 375 g/mol. The van der Waals surface area contributed by atoms with Gasteiger partial charge in [-0.1, -0.05) is 35.5 Å². The Bertz CT molecular complexity index is 968. The van der Waals surface area contributed by atoms with Crippen LogP contribution in [0.1, 0.15) is 28.9 Å². The Morgan fingerprint density at radius 2 is 1.89 bits per heavy atom. The maximum Gasteiger partial charge on any atom is 0.416 e. The smallest absolute Gasteiger partial charge is 0.416 e. The van der Waals surface area contributed by atoms with E-state index in [1.807, 2.05) is 0 Å². The average molecular weight is 391 g/mol. The number of aryl methyl sites for hydroxylation is 1. The van der Waals surface area contributed by atoms with Crippen molar-refractivity contribution in [2.24, 2.45) is 5.73 Å². The number of carbonyl (C=O) groups excluding carboxylic acids is 1. The van der Waals surface area contributed by atoms with Gasteiger partial charge in [-0.05, 0) is 41.8 Å². The first-order valence-electron chi connectivity index (χ1n) is 8.25. The molecular formula is C19H16F3N3O3. The summed E-state index contributed by atoms with van der Waals surface area (Å²) in [4.78, 5) is 15.4. The SMILES string of the molecule is Cc1noc(CC(OC(N)=O)c2cccc(-c3ccc(C(F)(F)F)cc3)c2)n1. The van der Waals surface area contributed by atoms with E-state index in [-0.39, 0.29) is 12.3 Å². The van der Waals surface area contributed by atoms with E-state index >= 15 is 0 Å². The molecule has 6 nitrogen and oxygen atoms in total. The third kappa shape index (κ3) is 4.67. The van der Waals surface area contributed by atoms with E-state index in [0.29, 0.717) is 22.5 Å². The highest BCUT2D eigenvalue weighted by atomic mass is 19.4. The monoisotopic (exact) mass is 391 g/mol. The fraction of sp³-hybridized carbons (Fsp3) is 0.211. The molecule has 1 amide bonds. The zero-order valence-corrected chi connectivity index (χ0v) is 14.7. The Kier molecular flexibility index (Phi) is 5.34. The van der Waals surface area contributed by atoms with Crippen LogP contribution >= 0.6 is 0 Å². The van der Waals surface area contributed by atoms with Crippen molar-refractivity contribution < 1.29 is 27.2 Å². The molecule has 0 saturated carbocycles. The van der Waals surface area contributed by atoms with Crippen molar-refractivity contribution in [1.82, 2.24) is 10.1 Å². The van der Waals surface area contributed by atoms with E-state index in [1.165, 1.54) is 12.1 Å². The van der Waals surface area contributed by atoms with E-state index in [0.717, 1.165) is 12.1 Å². The lowest BCUT2D eigenvalue weighted by atomic mass is 9.98. The van der Waals surface area contributed by atoms with Crippen molar-refractivity contribution in [2.75, 3.05) is 0 Å². The fourth-order valence-corrected chi connectivity index (χ4v) is 2.72. The largest absolute Gasteiger partial charge is 0.441 e. The van der Waals surface area contributed by atoms with E-state index in [2.05, 4.69) is 10.1 Å². The number of nitrogens with zero attached hydrogens (tertiary/aromatic N) is 2. The molecule has 146 valence electrons. The van der Waals surface area contributed by atoms with Crippen LogP contribution in [0.15, 0.2) is 53.1 Å². The molecule has 3 rings (SSSR count). The molecule has 1 aromatic heterocycles. The Morgan fingerprint density at radius 3 is 2.46 bits per heavy atom. The van der Waals surface area contributed by atoms with Gasteiger partial charge in [-0.2, -0.15) is 18.2 Å². The molecule has 3 aromatic rings. The average Bonchev–Trinajstić information content (AvgIpc) is 3.05. The summed E-state index contributed by atoms with van der Waals surface area (Å²) in [5.74, 6) is 0.704. The number of alkyl halides is 3. The zero-order chi connectivity index (χ0) is 20.3. The summed E-state index contributed by atoms with van der Waals surface area (Å²) in [7, 11) is 0. The van der Waals surface area contributed by atoms with Gasteiger partial charge in [0.1, 0.15) is 6.10 Å². The lowest BCUT2D eigenvalue weighted by molar-refractivity contribution is -0.137. The van der Waals surface area contributed by atoms with Crippen LogP contribution in [0, 0.1) is 6.92 Å². The normalized spacial score (nSPS) is 12.6. The minimum Gasteiger partial charge on any atom is -0.441 e. The third-order valence-corrected chi connectivity index (χ3v) is 3.99. The maximum atomic E-state index is 12.7. The molecule has 1 atom stereocenters. The molecule has 28 heavy (non-hydrogen) atoms. The number of rotatable bonds is 5. The Labute approximate surface area is 158 Å². The van der Waals surface area contributed by atoms with Gasteiger partial charge >= 0.3 is 12.3 Å². The van der Waals surface area contributed by atoms with Crippen molar-refractivity contribution in [3.63, 3.8) is 0 Å². The lowest BCUT2D eigenvalue weighted by Gasteiger charge is -2.16. The van der Waals surface area contributed by atoms with Gasteiger partial charge in [0, 0.05) is 0 Å². The van der Waals surface area contributed by atoms with Crippen LogP contribution in [0.3, 0.4) is 0 Å². The predicted octanol–water partition coefficient (Wildman–Crippen LogP) is 4.44. The zero-order valence-electron chi connectivity index (χ0n) is 14.7. The molecule has 0 saturated heterocycles. The van der Waals surface area contributed by atoms with E-state index in [1.54, 1.807) is 31.2 Å². The molecule has 9 heteroatoms. The molecule has 0 aliphatic heterocycles. The van der Waals surface area contributed by atoms with Crippen molar-refractivity contribution in [2.45, 2.75) is 25.6 Å². The van der Waals surface area contributed by atoms with Crippen LogP contribution in [0.25, 0.3) is 11.1 Å². The van der Waals surface area contributed by atoms with Gasteiger partial charge < -0.3 is 15.0 Å². The number of ether oxygens (including phenoxy) is 1. The fourth-order valence-electron chi connectivity index (χ4n) is 2.72. The number of hydrogen-bond donors (Lipinski definition) is 1. The van der Waals surface area contributed by atoms with Crippen LogP contribution in [0.5, 0.6) is 0 Å². The number of amides is 1. The maximum absolute atomic E-state index is 12.7. The standard InChI is InChI=1S/C19H16F3N3O3/c1-11-24-17(28-25-11)10-16(27-18(23)26)14-4-2-3-13(9-14)12-5-7-15(8-6-12)19(20,21)22/h2-9,16H,10H2,1H3,(H2,23,26). The first-order chi connectivity index (χ1) is 13.2. The summed E-state index contributed by atoms with van der Waals surface area (Å²) in [5, 5.41) is 3.69. The number of aromatic nitrogens is 2. The van der Waals surface area contributed by atoms with Crippen molar-refractivity contribution in [3.8, 4) is 11.1 Å². The van der Waals surface area contributed by atoms with Crippen molar-refractivity contribution in [1.29, 1.82) is 0 Å². The third-order valence-electron chi connectivity index (χ3n) is 3.99. The summed E-state index contributed by atoms with van der Waals surface area (Å²) in [5.41, 5.74) is 6.27. The number of benzene rings is 2. The molecule has 0 aliphatic rings. The molecule has 0 spiro atoms. The first-order valence-corrected chi connectivity index (χ1v) is 8.25. The molecule has 1 heterocycles. The van der Waals surface area contributed by atoms with Gasteiger partial charge in [-0.3, -0.25) is 0 Å². The second-order valence-corrected chi connectivity index (χ2v) is 6.07. The highest BCUT2D eigenvalue weighted by Crippen LogP contribution is 2.32. The van der Waals surface area contributed by atoms with Crippen LogP contribution < -0.4 is 5.73 Å². The lowest BCUT2D eigenvalue weighted by Crippen LogP contribution is -2.19. The summed E-state index contributed by atoms with van der Waals surface area (Å²) >= 11 is 0. The van der Waals surface area contributed by atoms with Crippen molar-refractivity contribution in [3.05, 3.63) is 71.4 Å². The van der Waals surface area contributed by atoms with E-state index < -0.39 is 23.9 Å². The van der Waals surface area contributed by atoms with Gasteiger partial charge in [-0.15, -0.1) is 0 Å². The number of primary amides is 1. The summed E-state index contributed by atoms with van der Waals surface area (Å²) < 4.78 is 48.5. The second-order valence-electron chi connectivity index (χ2n) is 6.07. The first kappa shape index (κ1) is 19.4. The summed E-state index contributed by atoms with van der Waals surface area (Å²) in [6, 6.07) is 11.7.